The fourth-order valence-corrected chi connectivity index (χ4v) is 4.69. The summed E-state index contributed by atoms with van der Waals surface area (Å²) in [5.74, 6) is 2.22. The van der Waals surface area contributed by atoms with Crippen LogP contribution in [0.5, 0.6) is 0 Å². The molecule has 2 aromatic rings. The molecule has 1 fully saturated rings. The normalized spacial score (nSPS) is 18.7. The van der Waals surface area contributed by atoms with Gasteiger partial charge >= 0.3 is 0 Å². The molecular formula is C21H30N2O2S. The average molecular weight is 375 g/mol. The molecule has 1 aliphatic rings. The van der Waals surface area contributed by atoms with Crippen molar-refractivity contribution < 1.29 is 4.74 Å². The summed E-state index contributed by atoms with van der Waals surface area (Å²) in [6.07, 6.45) is 4.45. The highest BCUT2D eigenvalue weighted by Crippen LogP contribution is 2.27. The van der Waals surface area contributed by atoms with Crippen LogP contribution >= 0.6 is 11.8 Å². The Labute approximate surface area is 160 Å². The number of ether oxygens (including phenoxy) is 1. The number of hydrogen-bond donors (Lipinski definition) is 0. The van der Waals surface area contributed by atoms with Crippen LogP contribution < -0.4 is 5.56 Å². The number of aromatic nitrogens is 2. The number of benzene rings is 1. The summed E-state index contributed by atoms with van der Waals surface area (Å²) in [5, 5.41) is 1.58. The molecule has 0 spiro atoms. The van der Waals surface area contributed by atoms with Crippen molar-refractivity contribution in [2.45, 2.75) is 57.7 Å². The Morgan fingerprint density at radius 1 is 1.27 bits per heavy atom. The van der Waals surface area contributed by atoms with E-state index >= 15 is 0 Å². The molecule has 2 heterocycles. The fraction of sp³-hybridized carbons (Fsp3) is 0.619. The van der Waals surface area contributed by atoms with Crippen molar-refractivity contribution >= 4 is 22.7 Å². The van der Waals surface area contributed by atoms with Crippen LogP contribution in [0.1, 0.15) is 52.5 Å². The summed E-state index contributed by atoms with van der Waals surface area (Å²) in [4.78, 5) is 18.0. The Balaban J connectivity index is 1.87. The number of thioether (sulfide) groups is 1. The van der Waals surface area contributed by atoms with Crippen molar-refractivity contribution in [2.24, 2.45) is 11.8 Å². The Bertz CT molecular complexity index is 781. The monoisotopic (exact) mass is 374 g/mol. The van der Waals surface area contributed by atoms with E-state index in [1.54, 1.807) is 11.8 Å². The topological polar surface area (TPSA) is 44.1 Å². The first kappa shape index (κ1) is 19.4. The van der Waals surface area contributed by atoms with E-state index in [0.29, 0.717) is 11.8 Å². The Kier molecular flexibility index (Phi) is 6.76. The molecule has 0 aliphatic carbocycles. The van der Waals surface area contributed by atoms with Gasteiger partial charge in [0.15, 0.2) is 5.16 Å². The summed E-state index contributed by atoms with van der Waals surface area (Å²) in [5.41, 5.74) is 0.895. The lowest BCUT2D eigenvalue weighted by molar-refractivity contribution is 0.189. The first-order chi connectivity index (χ1) is 12.6. The zero-order chi connectivity index (χ0) is 18.5. The molecule has 0 saturated carbocycles. The van der Waals surface area contributed by atoms with Gasteiger partial charge in [0.25, 0.3) is 5.56 Å². The van der Waals surface area contributed by atoms with Gasteiger partial charge in [-0.25, -0.2) is 4.98 Å². The Morgan fingerprint density at radius 3 is 2.81 bits per heavy atom. The van der Waals surface area contributed by atoms with Crippen molar-refractivity contribution in [3.63, 3.8) is 0 Å². The second-order valence-corrected chi connectivity index (χ2v) is 8.79. The highest BCUT2D eigenvalue weighted by Gasteiger charge is 2.20. The van der Waals surface area contributed by atoms with E-state index in [0.717, 1.165) is 54.3 Å². The van der Waals surface area contributed by atoms with E-state index in [1.165, 1.54) is 6.42 Å². The molecule has 0 radical (unpaired) electrons. The Hall–Kier alpha value is -1.33. The highest BCUT2D eigenvalue weighted by atomic mass is 32.2. The molecular weight excluding hydrogens is 344 g/mol. The van der Waals surface area contributed by atoms with Crippen LogP contribution in [0.25, 0.3) is 10.9 Å². The number of hydrogen-bond acceptors (Lipinski definition) is 4. The van der Waals surface area contributed by atoms with Crippen LogP contribution in [-0.2, 0) is 4.74 Å². The van der Waals surface area contributed by atoms with Gasteiger partial charge < -0.3 is 4.74 Å². The number of nitrogens with zero attached hydrogens (tertiary/aromatic N) is 2. The summed E-state index contributed by atoms with van der Waals surface area (Å²) < 4.78 is 7.42. The summed E-state index contributed by atoms with van der Waals surface area (Å²) in [6, 6.07) is 7.86. The van der Waals surface area contributed by atoms with Gasteiger partial charge in [-0.2, -0.15) is 0 Å². The van der Waals surface area contributed by atoms with Gasteiger partial charge in [-0.05, 0) is 43.7 Å². The molecule has 1 aromatic carbocycles. The third-order valence-electron chi connectivity index (χ3n) is 5.09. The SMILES string of the molecule is CC(C)CCCC(C)n1c(SCC2CCOC2)nc2ccccc2c1=O. The van der Waals surface area contributed by atoms with E-state index < -0.39 is 0 Å². The second kappa shape index (κ2) is 9.05. The molecule has 26 heavy (non-hydrogen) atoms. The van der Waals surface area contributed by atoms with Gasteiger partial charge in [0, 0.05) is 18.4 Å². The van der Waals surface area contributed by atoms with Gasteiger partial charge in [0.2, 0.25) is 0 Å². The van der Waals surface area contributed by atoms with Crippen LogP contribution in [0.2, 0.25) is 0 Å². The molecule has 2 atom stereocenters. The zero-order valence-corrected chi connectivity index (χ0v) is 16.9. The maximum absolute atomic E-state index is 13.2. The van der Waals surface area contributed by atoms with Crippen LogP contribution in [-0.4, -0.2) is 28.5 Å². The van der Waals surface area contributed by atoms with Crippen molar-refractivity contribution in [1.82, 2.24) is 9.55 Å². The third kappa shape index (κ3) is 4.68. The maximum atomic E-state index is 13.2. The molecule has 0 amide bonds. The lowest BCUT2D eigenvalue weighted by atomic mass is 10.0. The summed E-state index contributed by atoms with van der Waals surface area (Å²) in [7, 11) is 0. The average Bonchev–Trinajstić information content (AvgIpc) is 3.13. The Morgan fingerprint density at radius 2 is 2.08 bits per heavy atom. The molecule has 3 rings (SSSR count). The first-order valence-corrected chi connectivity index (χ1v) is 10.8. The zero-order valence-electron chi connectivity index (χ0n) is 16.1. The number of para-hydroxylation sites is 1. The van der Waals surface area contributed by atoms with E-state index in [9.17, 15) is 4.79 Å². The lowest BCUT2D eigenvalue weighted by Crippen LogP contribution is -2.26. The van der Waals surface area contributed by atoms with Gasteiger partial charge in [-0.3, -0.25) is 9.36 Å². The number of fused-ring (bicyclic) bond motifs is 1. The molecule has 4 nitrogen and oxygen atoms in total. The van der Waals surface area contributed by atoms with Crippen LogP contribution in [0.3, 0.4) is 0 Å². The number of rotatable bonds is 8. The summed E-state index contributed by atoms with van der Waals surface area (Å²) >= 11 is 1.71. The van der Waals surface area contributed by atoms with Gasteiger partial charge in [-0.15, -0.1) is 0 Å². The maximum Gasteiger partial charge on any atom is 0.262 e. The largest absolute Gasteiger partial charge is 0.381 e. The quantitative estimate of drug-likeness (QED) is 0.486. The van der Waals surface area contributed by atoms with Crippen LogP contribution in [0.4, 0.5) is 0 Å². The molecule has 1 aliphatic heterocycles. The van der Waals surface area contributed by atoms with Crippen molar-refractivity contribution in [3.8, 4) is 0 Å². The van der Waals surface area contributed by atoms with Gasteiger partial charge in [0.1, 0.15) is 0 Å². The molecule has 0 N–H and O–H groups in total. The van der Waals surface area contributed by atoms with Gasteiger partial charge in [0.05, 0.1) is 17.5 Å². The van der Waals surface area contributed by atoms with E-state index in [-0.39, 0.29) is 11.6 Å². The molecule has 5 heteroatoms. The highest BCUT2D eigenvalue weighted by molar-refractivity contribution is 7.99. The standard InChI is InChI=1S/C21H30N2O2S/c1-15(2)7-6-8-16(3)23-20(24)18-9-4-5-10-19(18)22-21(23)26-14-17-11-12-25-13-17/h4-5,9-10,15-17H,6-8,11-14H2,1-3H3. The van der Waals surface area contributed by atoms with Crippen molar-refractivity contribution in [2.75, 3.05) is 19.0 Å². The van der Waals surface area contributed by atoms with Crippen molar-refractivity contribution in [3.05, 3.63) is 34.6 Å². The molecule has 1 saturated heterocycles. The minimum atomic E-state index is 0.0952. The molecule has 2 unspecified atom stereocenters. The first-order valence-electron chi connectivity index (χ1n) is 9.78. The third-order valence-corrected chi connectivity index (χ3v) is 6.28. The molecule has 142 valence electrons. The van der Waals surface area contributed by atoms with E-state index in [2.05, 4.69) is 20.8 Å². The van der Waals surface area contributed by atoms with E-state index in [1.807, 2.05) is 28.8 Å². The smallest absolute Gasteiger partial charge is 0.262 e. The predicted molar refractivity (Wildman–Crippen MR) is 109 cm³/mol. The minimum Gasteiger partial charge on any atom is -0.381 e. The van der Waals surface area contributed by atoms with E-state index in [4.69, 9.17) is 9.72 Å². The second-order valence-electron chi connectivity index (χ2n) is 7.80. The van der Waals surface area contributed by atoms with Crippen LogP contribution in [0.15, 0.2) is 34.2 Å². The predicted octanol–water partition coefficient (Wildman–Crippen LogP) is 4.91. The fourth-order valence-electron chi connectivity index (χ4n) is 3.47. The summed E-state index contributed by atoms with van der Waals surface area (Å²) in [6.45, 7) is 8.34. The van der Waals surface area contributed by atoms with Crippen molar-refractivity contribution in [1.29, 1.82) is 0 Å². The molecule has 1 aromatic heterocycles. The van der Waals surface area contributed by atoms with Gasteiger partial charge in [-0.1, -0.05) is 50.6 Å². The van der Waals surface area contributed by atoms with Crippen LogP contribution in [0, 0.1) is 11.8 Å². The lowest BCUT2D eigenvalue weighted by Gasteiger charge is -2.20. The minimum absolute atomic E-state index is 0.0952. The molecule has 0 bridgehead atoms.